The van der Waals surface area contributed by atoms with Crippen LogP contribution in [0.1, 0.15) is 33.6 Å². The van der Waals surface area contributed by atoms with Crippen molar-refractivity contribution in [3.05, 3.63) is 12.7 Å². The lowest BCUT2D eigenvalue weighted by molar-refractivity contribution is -0.123. The highest BCUT2D eigenvalue weighted by molar-refractivity contribution is 5.80. The van der Waals surface area contributed by atoms with Gasteiger partial charge in [-0.1, -0.05) is 19.9 Å². The van der Waals surface area contributed by atoms with Gasteiger partial charge in [-0.05, 0) is 19.8 Å². The molecule has 0 aliphatic carbocycles. The van der Waals surface area contributed by atoms with E-state index in [1.165, 1.54) is 0 Å². The Morgan fingerprint density at radius 2 is 2.04 bits per heavy atom. The third kappa shape index (κ3) is 8.02. The number of aliphatic imine (C=N–C) groups is 1. The SMILES string of the molecule is C=CCN1CCC(NC(=NCCNC(=O)C(C)C)NCC)CC1. The zero-order valence-electron chi connectivity index (χ0n) is 14.9. The quantitative estimate of drug-likeness (QED) is 0.269. The van der Waals surface area contributed by atoms with Gasteiger partial charge in [0, 0.05) is 44.7 Å². The van der Waals surface area contributed by atoms with Crippen molar-refractivity contribution in [3.63, 3.8) is 0 Å². The second-order valence-corrected chi connectivity index (χ2v) is 6.21. The summed E-state index contributed by atoms with van der Waals surface area (Å²) in [4.78, 5) is 18.5. The summed E-state index contributed by atoms with van der Waals surface area (Å²) in [7, 11) is 0. The highest BCUT2D eigenvalue weighted by atomic mass is 16.1. The number of piperidine rings is 1. The molecule has 1 heterocycles. The number of carbonyl (C=O) groups excluding carboxylic acids is 1. The largest absolute Gasteiger partial charge is 0.357 e. The minimum atomic E-state index is 0.0195. The standard InChI is InChI=1S/C17H33N5O/c1-5-11-22-12-7-15(8-13-22)21-17(18-6-2)20-10-9-19-16(23)14(3)4/h5,14-15H,1,6-13H2,2-4H3,(H,19,23)(H2,18,20,21). The molecule has 0 unspecified atom stereocenters. The van der Waals surface area contributed by atoms with Crippen LogP contribution in [-0.2, 0) is 4.79 Å². The van der Waals surface area contributed by atoms with E-state index in [-0.39, 0.29) is 11.8 Å². The van der Waals surface area contributed by atoms with Gasteiger partial charge in [-0.15, -0.1) is 6.58 Å². The molecule has 1 fully saturated rings. The van der Waals surface area contributed by atoms with E-state index in [1.54, 1.807) is 0 Å². The van der Waals surface area contributed by atoms with Gasteiger partial charge in [0.05, 0.1) is 6.54 Å². The fourth-order valence-corrected chi connectivity index (χ4v) is 2.51. The summed E-state index contributed by atoms with van der Waals surface area (Å²) < 4.78 is 0. The van der Waals surface area contributed by atoms with E-state index >= 15 is 0 Å². The smallest absolute Gasteiger partial charge is 0.222 e. The number of guanidine groups is 1. The topological polar surface area (TPSA) is 68.8 Å². The number of hydrogen-bond acceptors (Lipinski definition) is 3. The summed E-state index contributed by atoms with van der Waals surface area (Å²) >= 11 is 0. The first-order valence-electron chi connectivity index (χ1n) is 8.72. The van der Waals surface area contributed by atoms with Crippen LogP contribution >= 0.6 is 0 Å². The van der Waals surface area contributed by atoms with Crippen LogP contribution in [0, 0.1) is 5.92 Å². The monoisotopic (exact) mass is 323 g/mol. The molecular weight excluding hydrogens is 290 g/mol. The van der Waals surface area contributed by atoms with Crippen LogP contribution in [0.2, 0.25) is 0 Å². The van der Waals surface area contributed by atoms with E-state index in [2.05, 4.69) is 39.3 Å². The molecule has 1 rings (SSSR count). The average Bonchev–Trinajstić information content (AvgIpc) is 2.53. The summed E-state index contributed by atoms with van der Waals surface area (Å²) in [6, 6.07) is 0.458. The Morgan fingerprint density at radius 3 is 2.61 bits per heavy atom. The van der Waals surface area contributed by atoms with Crippen LogP contribution in [0.5, 0.6) is 0 Å². The van der Waals surface area contributed by atoms with Gasteiger partial charge in [0.2, 0.25) is 5.91 Å². The average molecular weight is 323 g/mol. The summed E-state index contributed by atoms with van der Waals surface area (Å²) in [6.45, 7) is 14.8. The van der Waals surface area contributed by atoms with Gasteiger partial charge in [-0.3, -0.25) is 14.7 Å². The molecule has 1 aliphatic heterocycles. The Morgan fingerprint density at radius 1 is 1.35 bits per heavy atom. The molecule has 0 aromatic heterocycles. The lowest BCUT2D eigenvalue weighted by atomic mass is 10.1. The molecule has 0 spiro atoms. The highest BCUT2D eigenvalue weighted by Crippen LogP contribution is 2.09. The first-order chi connectivity index (χ1) is 11.1. The van der Waals surface area contributed by atoms with E-state index in [9.17, 15) is 4.79 Å². The molecule has 23 heavy (non-hydrogen) atoms. The highest BCUT2D eigenvalue weighted by Gasteiger charge is 2.18. The van der Waals surface area contributed by atoms with Gasteiger partial charge in [0.15, 0.2) is 5.96 Å². The van der Waals surface area contributed by atoms with Crippen LogP contribution in [-0.4, -0.2) is 62.1 Å². The van der Waals surface area contributed by atoms with Crippen LogP contribution < -0.4 is 16.0 Å². The molecule has 6 heteroatoms. The van der Waals surface area contributed by atoms with Crippen molar-refractivity contribution >= 4 is 11.9 Å². The van der Waals surface area contributed by atoms with Crippen LogP contribution in [0.3, 0.4) is 0 Å². The summed E-state index contributed by atoms with van der Waals surface area (Å²) in [5.74, 6) is 0.937. The van der Waals surface area contributed by atoms with E-state index in [1.807, 2.05) is 19.9 Å². The van der Waals surface area contributed by atoms with E-state index < -0.39 is 0 Å². The minimum Gasteiger partial charge on any atom is -0.357 e. The van der Waals surface area contributed by atoms with Gasteiger partial charge >= 0.3 is 0 Å². The van der Waals surface area contributed by atoms with Crippen molar-refractivity contribution < 1.29 is 4.79 Å². The van der Waals surface area contributed by atoms with E-state index in [0.717, 1.165) is 45.0 Å². The molecule has 132 valence electrons. The van der Waals surface area contributed by atoms with Crippen molar-refractivity contribution in [2.24, 2.45) is 10.9 Å². The molecule has 1 aliphatic rings. The van der Waals surface area contributed by atoms with Gasteiger partial charge in [-0.25, -0.2) is 0 Å². The molecule has 0 radical (unpaired) electrons. The molecule has 0 atom stereocenters. The van der Waals surface area contributed by atoms with Crippen molar-refractivity contribution in [2.75, 3.05) is 39.3 Å². The number of amides is 1. The van der Waals surface area contributed by atoms with Crippen molar-refractivity contribution in [2.45, 2.75) is 39.7 Å². The minimum absolute atomic E-state index is 0.0195. The molecule has 6 nitrogen and oxygen atoms in total. The molecule has 0 aromatic rings. The maximum atomic E-state index is 11.5. The van der Waals surface area contributed by atoms with Gasteiger partial charge in [0.1, 0.15) is 0 Å². The Balaban J connectivity index is 2.35. The van der Waals surface area contributed by atoms with Crippen LogP contribution in [0.25, 0.3) is 0 Å². The zero-order valence-corrected chi connectivity index (χ0v) is 14.9. The third-order valence-electron chi connectivity index (χ3n) is 3.87. The van der Waals surface area contributed by atoms with Gasteiger partial charge in [0.25, 0.3) is 0 Å². The van der Waals surface area contributed by atoms with Crippen LogP contribution in [0.4, 0.5) is 0 Å². The summed E-state index contributed by atoms with van der Waals surface area (Å²) in [6.07, 6.45) is 4.19. The van der Waals surface area contributed by atoms with Crippen molar-refractivity contribution in [1.82, 2.24) is 20.9 Å². The lowest BCUT2D eigenvalue weighted by Gasteiger charge is -2.32. The maximum Gasteiger partial charge on any atom is 0.222 e. The fraction of sp³-hybridized carbons (Fsp3) is 0.765. The molecule has 1 saturated heterocycles. The number of nitrogens with zero attached hydrogens (tertiary/aromatic N) is 2. The second kappa shape index (κ2) is 11.0. The summed E-state index contributed by atoms with van der Waals surface area (Å²) in [5, 5.41) is 9.66. The first-order valence-corrected chi connectivity index (χ1v) is 8.72. The Labute approximate surface area is 140 Å². The fourth-order valence-electron chi connectivity index (χ4n) is 2.51. The number of likely N-dealkylation sites (tertiary alicyclic amines) is 1. The first kappa shape index (κ1) is 19.5. The normalized spacial score (nSPS) is 17.1. The zero-order chi connectivity index (χ0) is 17.1. The number of hydrogen-bond donors (Lipinski definition) is 3. The summed E-state index contributed by atoms with van der Waals surface area (Å²) in [5.41, 5.74) is 0. The van der Waals surface area contributed by atoms with Crippen molar-refractivity contribution in [3.8, 4) is 0 Å². The molecule has 3 N–H and O–H groups in total. The Bertz CT molecular complexity index is 386. The van der Waals surface area contributed by atoms with Crippen LogP contribution in [0.15, 0.2) is 17.6 Å². The predicted octanol–water partition coefficient (Wildman–Crippen LogP) is 0.964. The number of carbonyl (C=O) groups is 1. The maximum absolute atomic E-state index is 11.5. The number of nitrogens with one attached hydrogen (secondary N) is 3. The number of rotatable bonds is 8. The molecular formula is C17H33N5O. The molecule has 1 amide bonds. The predicted molar refractivity (Wildman–Crippen MR) is 96.6 cm³/mol. The molecule has 0 bridgehead atoms. The van der Waals surface area contributed by atoms with Gasteiger partial charge in [-0.2, -0.15) is 0 Å². The van der Waals surface area contributed by atoms with E-state index in [0.29, 0.717) is 19.1 Å². The van der Waals surface area contributed by atoms with Gasteiger partial charge < -0.3 is 16.0 Å². The lowest BCUT2D eigenvalue weighted by Crippen LogP contribution is -2.48. The second-order valence-electron chi connectivity index (χ2n) is 6.21. The third-order valence-corrected chi connectivity index (χ3v) is 3.87. The Kier molecular flexibility index (Phi) is 9.36. The van der Waals surface area contributed by atoms with E-state index in [4.69, 9.17) is 0 Å². The van der Waals surface area contributed by atoms with Crippen molar-refractivity contribution in [1.29, 1.82) is 0 Å². The molecule has 0 saturated carbocycles. The molecule has 0 aromatic carbocycles. The Hall–Kier alpha value is -1.56.